The molecule has 1 aromatic rings. The monoisotopic (exact) mass is 237 g/mol. The normalized spacial score (nSPS) is 13.3. The van der Waals surface area contributed by atoms with Crippen LogP contribution in [0.25, 0.3) is 0 Å². The molecule has 17 heavy (non-hydrogen) atoms. The fourth-order valence-corrected chi connectivity index (χ4v) is 2.07. The predicted molar refractivity (Wildman–Crippen MR) is 73.1 cm³/mol. The highest BCUT2D eigenvalue weighted by molar-refractivity contribution is 5.20. The van der Waals surface area contributed by atoms with Gasteiger partial charge in [-0.25, -0.2) is 0 Å². The van der Waals surface area contributed by atoms with E-state index in [1.807, 2.05) is 11.7 Å². The van der Waals surface area contributed by atoms with Crippen molar-refractivity contribution in [1.29, 1.82) is 0 Å². The summed E-state index contributed by atoms with van der Waals surface area (Å²) in [4.78, 5) is 0. The average Bonchev–Trinajstić information content (AvgIpc) is 2.65. The summed E-state index contributed by atoms with van der Waals surface area (Å²) in [6.45, 7) is 9.84. The minimum atomic E-state index is 0.499. The summed E-state index contributed by atoms with van der Waals surface area (Å²) in [7, 11) is 2.00. The lowest BCUT2D eigenvalue weighted by Crippen LogP contribution is -2.25. The number of aromatic nitrogens is 2. The maximum absolute atomic E-state index is 4.53. The molecule has 98 valence electrons. The highest BCUT2D eigenvalue weighted by Crippen LogP contribution is 2.17. The van der Waals surface area contributed by atoms with Crippen LogP contribution < -0.4 is 5.32 Å². The zero-order chi connectivity index (χ0) is 12.8. The van der Waals surface area contributed by atoms with Crippen LogP contribution in [-0.4, -0.2) is 15.8 Å². The Morgan fingerprint density at radius 3 is 2.65 bits per heavy atom. The zero-order valence-electron chi connectivity index (χ0n) is 12.0. The van der Waals surface area contributed by atoms with E-state index in [1.54, 1.807) is 0 Å². The lowest BCUT2D eigenvalue weighted by atomic mass is 10.1. The predicted octanol–water partition coefficient (Wildman–Crippen LogP) is 3.21. The molecule has 0 aliphatic rings. The summed E-state index contributed by atoms with van der Waals surface area (Å²) in [5.74, 6) is 0.499. The van der Waals surface area contributed by atoms with Gasteiger partial charge < -0.3 is 5.32 Å². The van der Waals surface area contributed by atoms with E-state index in [0.717, 1.165) is 6.54 Å². The molecule has 0 spiro atoms. The Bertz CT molecular complexity index is 328. The molecule has 1 aromatic heterocycles. The number of unbranched alkanes of at least 4 members (excludes halogenated alkanes) is 1. The zero-order valence-corrected chi connectivity index (χ0v) is 12.0. The first-order valence-electron chi connectivity index (χ1n) is 6.80. The van der Waals surface area contributed by atoms with E-state index in [9.17, 15) is 0 Å². The first kappa shape index (κ1) is 14.2. The summed E-state index contributed by atoms with van der Waals surface area (Å²) < 4.78 is 1.92. The first-order chi connectivity index (χ1) is 8.04. The minimum absolute atomic E-state index is 0.499. The van der Waals surface area contributed by atoms with Crippen LogP contribution in [0, 0.1) is 0 Å². The highest BCUT2D eigenvalue weighted by Gasteiger charge is 2.11. The van der Waals surface area contributed by atoms with Crippen molar-refractivity contribution in [2.45, 2.75) is 65.5 Å². The number of rotatable bonds is 7. The third-order valence-electron chi connectivity index (χ3n) is 3.12. The summed E-state index contributed by atoms with van der Waals surface area (Å²) in [5.41, 5.74) is 2.56. The van der Waals surface area contributed by atoms with Gasteiger partial charge in [-0.05, 0) is 19.3 Å². The Hall–Kier alpha value is -0.830. The Kier molecular flexibility index (Phi) is 5.69. The maximum Gasteiger partial charge on any atom is 0.0694 e. The van der Waals surface area contributed by atoms with Crippen molar-refractivity contribution < 1.29 is 0 Å². The van der Waals surface area contributed by atoms with Crippen molar-refractivity contribution in [2.75, 3.05) is 0 Å². The van der Waals surface area contributed by atoms with Gasteiger partial charge in [0.2, 0.25) is 0 Å². The SMILES string of the molecule is CCCCC(C)NCc1cn(C)nc1C(C)C. The summed E-state index contributed by atoms with van der Waals surface area (Å²) in [6, 6.07) is 0.593. The summed E-state index contributed by atoms with van der Waals surface area (Å²) in [5, 5.41) is 8.12. The molecule has 0 radical (unpaired) electrons. The number of nitrogens with one attached hydrogen (secondary N) is 1. The molecule has 3 nitrogen and oxygen atoms in total. The third-order valence-corrected chi connectivity index (χ3v) is 3.12. The second-order valence-electron chi connectivity index (χ2n) is 5.29. The molecule has 3 heteroatoms. The van der Waals surface area contributed by atoms with E-state index in [4.69, 9.17) is 0 Å². The van der Waals surface area contributed by atoms with E-state index in [1.165, 1.54) is 30.5 Å². The molecular formula is C14H27N3. The van der Waals surface area contributed by atoms with Crippen LogP contribution in [0.5, 0.6) is 0 Å². The Balaban J connectivity index is 2.50. The standard InChI is InChI=1S/C14H27N3/c1-6-7-8-12(4)15-9-13-10-17(5)16-14(13)11(2)3/h10-12,15H,6-9H2,1-5H3. The second kappa shape index (κ2) is 6.80. The van der Waals surface area contributed by atoms with Gasteiger partial charge >= 0.3 is 0 Å². The Labute approximate surface area is 106 Å². The summed E-state index contributed by atoms with van der Waals surface area (Å²) in [6.07, 6.45) is 5.97. The van der Waals surface area contributed by atoms with Gasteiger partial charge in [0, 0.05) is 31.4 Å². The van der Waals surface area contributed by atoms with Gasteiger partial charge in [0.1, 0.15) is 0 Å². The molecule has 1 rings (SSSR count). The quantitative estimate of drug-likeness (QED) is 0.789. The fourth-order valence-electron chi connectivity index (χ4n) is 2.07. The number of nitrogens with zero attached hydrogens (tertiary/aromatic N) is 2. The largest absolute Gasteiger partial charge is 0.310 e. The van der Waals surface area contributed by atoms with Crippen molar-refractivity contribution in [2.24, 2.45) is 7.05 Å². The molecule has 0 bridgehead atoms. The molecule has 0 saturated heterocycles. The molecule has 0 saturated carbocycles. The number of hydrogen-bond acceptors (Lipinski definition) is 2. The van der Waals surface area contributed by atoms with Crippen LogP contribution in [0.1, 0.15) is 64.1 Å². The van der Waals surface area contributed by atoms with Crippen LogP contribution in [0.4, 0.5) is 0 Å². The highest BCUT2D eigenvalue weighted by atomic mass is 15.3. The Morgan fingerprint density at radius 1 is 1.35 bits per heavy atom. The molecule has 0 aliphatic carbocycles. The average molecular weight is 237 g/mol. The van der Waals surface area contributed by atoms with Crippen LogP contribution in [0.15, 0.2) is 6.20 Å². The number of aryl methyl sites for hydroxylation is 1. The van der Waals surface area contributed by atoms with Gasteiger partial charge in [-0.3, -0.25) is 4.68 Å². The van der Waals surface area contributed by atoms with Crippen LogP contribution >= 0.6 is 0 Å². The molecule has 1 N–H and O–H groups in total. The van der Waals surface area contributed by atoms with Crippen LogP contribution in [0.2, 0.25) is 0 Å². The molecule has 1 atom stereocenters. The van der Waals surface area contributed by atoms with Gasteiger partial charge in [0.15, 0.2) is 0 Å². The van der Waals surface area contributed by atoms with Crippen molar-refractivity contribution in [3.63, 3.8) is 0 Å². The molecular weight excluding hydrogens is 210 g/mol. The van der Waals surface area contributed by atoms with E-state index in [2.05, 4.69) is 44.3 Å². The van der Waals surface area contributed by atoms with Gasteiger partial charge in [-0.15, -0.1) is 0 Å². The van der Waals surface area contributed by atoms with Crippen molar-refractivity contribution in [3.05, 3.63) is 17.5 Å². The number of hydrogen-bond donors (Lipinski definition) is 1. The van der Waals surface area contributed by atoms with Gasteiger partial charge in [0.25, 0.3) is 0 Å². The van der Waals surface area contributed by atoms with Gasteiger partial charge in [-0.2, -0.15) is 5.10 Å². The first-order valence-corrected chi connectivity index (χ1v) is 6.80. The third kappa shape index (κ3) is 4.50. The molecule has 0 fully saturated rings. The molecule has 0 aromatic carbocycles. The van der Waals surface area contributed by atoms with Crippen LogP contribution in [-0.2, 0) is 13.6 Å². The Morgan fingerprint density at radius 2 is 2.06 bits per heavy atom. The van der Waals surface area contributed by atoms with E-state index in [-0.39, 0.29) is 0 Å². The van der Waals surface area contributed by atoms with E-state index >= 15 is 0 Å². The smallest absolute Gasteiger partial charge is 0.0694 e. The topological polar surface area (TPSA) is 29.9 Å². The maximum atomic E-state index is 4.53. The second-order valence-corrected chi connectivity index (χ2v) is 5.29. The molecule has 1 heterocycles. The van der Waals surface area contributed by atoms with Crippen molar-refractivity contribution in [3.8, 4) is 0 Å². The lowest BCUT2D eigenvalue weighted by Gasteiger charge is -2.13. The molecule has 1 unspecified atom stereocenters. The minimum Gasteiger partial charge on any atom is -0.310 e. The van der Waals surface area contributed by atoms with Crippen molar-refractivity contribution in [1.82, 2.24) is 15.1 Å². The van der Waals surface area contributed by atoms with E-state index in [0.29, 0.717) is 12.0 Å². The molecule has 0 aliphatic heterocycles. The van der Waals surface area contributed by atoms with E-state index < -0.39 is 0 Å². The van der Waals surface area contributed by atoms with Gasteiger partial charge in [0.05, 0.1) is 5.69 Å². The van der Waals surface area contributed by atoms with Crippen LogP contribution in [0.3, 0.4) is 0 Å². The fraction of sp³-hybridized carbons (Fsp3) is 0.786. The summed E-state index contributed by atoms with van der Waals surface area (Å²) >= 11 is 0. The van der Waals surface area contributed by atoms with Crippen molar-refractivity contribution >= 4 is 0 Å². The van der Waals surface area contributed by atoms with Gasteiger partial charge in [-0.1, -0.05) is 33.6 Å². The lowest BCUT2D eigenvalue weighted by molar-refractivity contribution is 0.493. The molecule has 0 amide bonds.